The molecule has 1 aromatic carbocycles. The normalized spacial score (nSPS) is 19.6. The number of carbonyl (C=O) groups excluding carboxylic acids is 1. The maximum atomic E-state index is 12.5. The molecule has 1 aliphatic heterocycles. The van der Waals surface area contributed by atoms with Gasteiger partial charge in [0.2, 0.25) is 5.91 Å². The van der Waals surface area contributed by atoms with Gasteiger partial charge >= 0.3 is 0 Å². The van der Waals surface area contributed by atoms with Gasteiger partial charge in [0.25, 0.3) is 0 Å². The molecule has 0 unspecified atom stereocenters. The Hall–Kier alpha value is -1.61. The molecule has 1 heterocycles. The maximum Gasteiger partial charge on any atom is 0.230 e. The number of benzene rings is 1. The van der Waals surface area contributed by atoms with Crippen LogP contribution in [0.2, 0.25) is 0 Å². The number of rotatable bonds is 4. The number of amides is 1. The van der Waals surface area contributed by atoms with Crippen molar-refractivity contribution in [3.8, 4) is 0 Å². The molecule has 0 saturated carbocycles. The van der Waals surface area contributed by atoms with Crippen LogP contribution in [-0.4, -0.2) is 48.9 Å². The third-order valence-electron chi connectivity index (χ3n) is 3.89. The molecule has 1 aromatic rings. The van der Waals surface area contributed by atoms with Crippen molar-refractivity contribution in [1.82, 2.24) is 9.80 Å². The van der Waals surface area contributed by atoms with Gasteiger partial charge in [-0.05, 0) is 32.0 Å². The molecule has 0 radical (unpaired) electrons. The second-order valence-electron chi connectivity index (χ2n) is 5.37. The lowest BCUT2D eigenvalue weighted by Gasteiger charge is -2.31. The molecular formula is C17H24N2O. The second kappa shape index (κ2) is 6.71. The molecule has 2 rings (SSSR count). The Morgan fingerprint density at radius 1 is 1.25 bits per heavy atom. The Morgan fingerprint density at radius 3 is 2.50 bits per heavy atom. The first kappa shape index (κ1) is 14.8. The molecule has 1 atom stereocenters. The molecule has 20 heavy (non-hydrogen) atoms. The number of hydrogen-bond donors (Lipinski definition) is 0. The van der Waals surface area contributed by atoms with Crippen LogP contribution < -0.4 is 0 Å². The van der Waals surface area contributed by atoms with Crippen LogP contribution in [0.15, 0.2) is 36.4 Å². The van der Waals surface area contributed by atoms with Crippen molar-refractivity contribution < 1.29 is 4.79 Å². The van der Waals surface area contributed by atoms with Crippen molar-refractivity contribution >= 4 is 11.5 Å². The fourth-order valence-corrected chi connectivity index (χ4v) is 2.80. The number of nitrogens with zero attached hydrogens (tertiary/aromatic N) is 2. The van der Waals surface area contributed by atoms with Gasteiger partial charge in [0.1, 0.15) is 0 Å². The Labute approximate surface area is 121 Å². The van der Waals surface area contributed by atoms with Crippen molar-refractivity contribution in [1.29, 1.82) is 0 Å². The minimum Gasteiger partial charge on any atom is -0.343 e. The number of likely N-dealkylation sites (N-methyl/N-ethyl adjacent to an activating group) is 1. The van der Waals surface area contributed by atoms with Crippen LogP contribution in [0.4, 0.5) is 0 Å². The van der Waals surface area contributed by atoms with Crippen LogP contribution in [0.1, 0.15) is 19.4 Å². The van der Waals surface area contributed by atoms with Crippen molar-refractivity contribution in [2.45, 2.75) is 13.8 Å². The Bertz CT molecular complexity index is 477. The zero-order valence-electron chi connectivity index (χ0n) is 12.7. The highest BCUT2D eigenvalue weighted by Crippen LogP contribution is 2.24. The lowest BCUT2D eigenvalue weighted by atomic mass is 9.94. The first-order valence-electron chi connectivity index (χ1n) is 7.39. The third-order valence-corrected chi connectivity index (χ3v) is 3.89. The van der Waals surface area contributed by atoms with Gasteiger partial charge in [0.05, 0.1) is 5.92 Å². The first-order chi connectivity index (χ1) is 9.65. The lowest BCUT2D eigenvalue weighted by molar-refractivity contribution is -0.134. The fraction of sp³-hybridized carbons (Fsp3) is 0.471. The minimum atomic E-state index is -0.0242. The highest BCUT2D eigenvalue weighted by atomic mass is 16.2. The van der Waals surface area contributed by atoms with Crippen LogP contribution in [-0.2, 0) is 4.79 Å². The van der Waals surface area contributed by atoms with E-state index in [0.717, 1.165) is 26.2 Å². The SMILES string of the molecule is CCN(CC)C(=O)[C@H]1C=C(c2ccccc2)CN(C)C1. The van der Waals surface area contributed by atoms with Gasteiger partial charge in [-0.25, -0.2) is 0 Å². The highest BCUT2D eigenvalue weighted by molar-refractivity contribution is 5.84. The van der Waals surface area contributed by atoms with E-state index in [2.05, 4.69) is 30.2 Å². The molecule has 3 heteroatoms. The molecule has 108 valence electrons. The first-order valence-corrected chi connectivity index (χ1v) is 7.39. The summed E-state index contributed by atoms with van der Waals surface area (Å²) in [5.41, 5.74) is 2.47. The molecule has 0 fully saturated rings. The van der Waals surface area contributed by atoms with Crippen LogP contribution in [0.25, 0.3) is 5.57 Å². The molecule has 0 aromatic heterocycles. The van der Waals surface area contributed by atoms with E-state index >= 15 is 0 Å². The average Bonchev–Trinajstić information content (AvgIpc) is 2.48. The lowest BCUT2D eigenvalue weighted by Crippen LogP contribution is -2.42. The van der Waals surface area contributed by atoms with E-state index in [4.69, 9.17) is 0 Å². The van der Waals surface area contributed by atoms with E-state index in [0.29, 0.717) is 0 Å². The van der Waals surface area contributed by atoms with Crippen LogP contribution in [0.5, 0.6) is 0 Å². The monoisotopic (exact) mass is 272 g/mol. The largest absolute Gasteiger partial charge is 0.343 e. The predicted molar refractivity (Wildman–Crippen MR) is 83.3 cm³/mol. The summed E-state index contributed by atoms with van der Waals surface area (Å²) in [7, 11) is 2.08. The summed E-state index contributed by atoms with van der Waals surface area (Å²) in [4.78, 5) is 16.7. The van der Waals surface area contributed by atoms with E-state index in [9.17, 15) is 4.79 Å². The average molecular weight is 272 g/mol. The molecule has 0 aliphatic carbocycles. The zero-order valence-corrected chi connectivity index (χ0v) is 12.7. The molecule has 0 bridgehead atoms. The molecule has 0 saturated heterocycles. The van der Waals surface area contributed by atoms with Crippen molar-refractivity contribution in [3.05, 3.63) is 42.0 Å². The molecule has 1 aliphatic rings. The van der Waals surface area contributed by atoms with Crippen molar-refractivity contribution in [3.63, 3.8) is 0 Å². The molecule has 0 spiro atoms. The quantitative estimate of drug-likeness (QED) is 0.841. The Kier molecular flexibility index (Phi) is 4.96. The predicted octanol–water partition coefficient (Wildman–Crippen LogP) is 2.50. The Balaban J connectivity index is 2.24. The van der Waals surface area contributed by atoms with Gasteiger partial charge in [0, 0.05) is 26.2 Å². The smallest absolute Gasteiger partial charge is 0.230 e. The summed E-state index contributed by atoms with van der Waals surface area (Å²) in [6, 6.07) is 10.3. The summed E-state index contributed by atoms with van der Waals surface area (Å²) in [5.74, 6) is 0.221. The summed E-state index contributed by atoms with van der Waals surface area (Å²) in [6.45, 7) is 7.36. The van der Waals surface area contributed by atoms with Gasteiger partial charge in [-0.3, -0.25) is 4.79 Å². The fourth-order valence-electron chi connectivity index (χ4n) is 2.80. The Morgan fingerprint density at radius 2 is 1.90 bits per heavy atom. The number of carbonyl (C=O) groups is 1. The standard InChI is InChI=1S/C17H24N2O/c1-4-19(5-2)17(20)16-11-15(12-18(3)13-16)14-9-7-6-8-10-14/h6-11,16H,4-5,12-13H2,1-3H3/t16-/m0/s1. The molecular weight excluding hydrogens is 248 g/mol. The molecule has 1 amide bonds. The minimum absolute atomic E-state index is 0.0242. The van der Waals surface area contributed by atoms with Gasteiger partial charge < -0.3 is 9.80 Å². The van der Waals surface area contributed by atoms with Gasteiger partial charge in [0.15, 0.2) is 0 Å². The van der Waals surface area contributed by atoms with E-state index in [1.54, 1.807) is 0 Å². The van der Waals surface area contributed by atoms with Gasteiger partial charge in [-0.1, -0.05) is 36.4 Å². The summed E-state index contributed by atoms with van der Waals surface area (Å²) < 4.78 is 0. The van der Waals surface area contributed by atoms with Crippen molar-refractivity contribution in [2.75, 3.05) is 33.2 Å². The van der Waals surface area contributed by atoms with E-state index in [1.807, 2.05) is 36.9 Å². The van der Waals surface area contributed by atoms with E-state index in [1.165, 1.54) is 11.1 Å². The zero-order chi connectivity index (χ0) is 14.5. The molecule has 3 nitrogen and oxygen atoms in total. The number of hydrogen-bond acceptors (Lipinski definition) is 2. The van der Waals surface area contributed by atoms with Gasteiger partial charge in [-0.15, -0.1) is 0 Å². The van der Waals surface area contributed by atoms with Crippen molar-refractivity contribution in [2.24, 2.45) is 5.92 Å². The van der Waals surface area contributed by atoms with Crippen LogP contribution >= 0.6 is 0 Å². The van der Waals surface area contributed by atoms with E-state index < -0.39 is 0 Å². The van der Waals surface area contributed by atoms with Crippen LogP contribution in [0.3, 0.4) is 0 Å². The maximum absolute atomic E-state index is 12.5. The topological polar surface area (TPSA) is 23.6 Å². The summed E-state index contributed by atoms with van der Waals surface area (Å²) in [6.07, 6.45) is 2.16. The highest BCUT2D eigenvalue weighted by Gasteiger charge is 2.26. The summed E-state index contributed by atoms with van der Waals surface area (Å²) >= 11 is 0. The van der Waals surface area contributed by atoms with Gasteiger partial charge in [-0.2, -0.15) is 0 Å². The summed E-state index contributed by atoms with van der Waals surface area (Å²) in [5, 5.41) is 0. The second-order valence-corrected chi connectivity index (χ2v) is 5.37. The third kappa shape index (κ3) is 3.28. The molecule has 0 N–H and O–H groups in total. The van der Waals surface area contributed by atoms with E-state index in [-0.39, 0.29) is 11.8 Å². The van der Waals surface area contributed by atoms with Crippen LogP contribution in [0, 0.1) is 5.92 Å².